The molecule has 5 heteroatoms. The lowest BCUT2D eigenvalue weighted by molar-refractivity contribution is -0.121. The molecule has 5 nitrogen and oxygen atoms in total. The van der Waals surface area contributed by atoms with Crippen LogP contribution in [0.1, 0.15) is 49.8 Å². The van der Waals surface area contributed by atoms with E-state index in [-0.39, 0.29) is 18.1 Å². The van der Waals surface area contributed by atoms with Gasteiger partial charge in [-0.2, -0.15) is 0 Å². The molecular formula is C22H28N2O3. The smallest absolute Gasteiger partial charge is 0.224 e. The maximum atomic E-state index is 12.3. The predicted octanol–water partition coefficient (Wildman–Crippen LogP) is 4.02. The quantitative estimate of drug-likeness (QED) is 0.724. The molecule has 0 heterocycles. The summed E-state index contributed by atoms with van der Waals surface area (Å²) in [5, 5.41) is 3.04. The number of amides is 1. The molecule has 0 bridgehead atoms. The molecular weight excluding hydrogens is 340 g/mol. The van der Waals surface area contributed by atoms with Crippen molar-refractivity contribution < 1.29 is 14.3 Å². The normalized spacial score (nSPS) is 15.3. The van der Waals surface area contributed by atoms with Crippen LogP contribution in [0.15, 0.2) is 42.5 Å². The van der Waals surface area contributed by atoms with E-state index >= 15 is 0 Å². The fourth-order valence-electron chi connectivity index (χ4n) is 3.43. The minimum Gasteiger partial charge on any atom is -0.493 e. The van der Waals surface area contributed by atoms with Crippen LogP contribution in [0.3, 0.4) is 0 Å². The van der Waals surface area contributed by atoms with E-state index in [9.17, 15) is 4.79 Å². The first-order valence-corrected chi connectivity index (χ1v) is 9.53. The van der Waals surface area contributed by atoms with Gasteiger partial charge in [-0.15, -0.1) is 0 Å². The molecule has 1 aliphatic rings. The zero-order chi connectivity index (χ0) is 19.2. The maximum absolute atomic E-state index is 12.3. The zero-order valence-electron chi connectivity index (χ0n) is 16.0. The van der Waals surface area contributed by atoms with Gasteiger partial charge in [0.2, 0.25) is 5.91 Å². The second-order valence-electron chi connectivity index (χ2n) is 7.14. The van der Waals surface area contributed by atoms with E-state index < -0.39 is 0 Å². The average Bonchev–Trinajstić information content (AvgIpc) is 3.17. The Labute approximate surface area is 160 Å². The molecule has 0 saturated heterocycles. The van der Waals surface area contributed by atoms with E-state index in [1.165, 1.54) is 12.8 Å². The molecule has 3 N–H and O–H groups in total. The maximum Gasteiger partial charge on any atom is 0.224 e. The van der Waals surface area contributed by atoms with Crippen molar-refractivity contribution in [3.05, 3.63) is 53.6 Å². The number of hydrogen-bond donors (Lipinski definition) is 2. The van der Waals surface area contributed by atoms with Crippen LogP contribution < -0.4 is 20.5 Å². The Morgan fingerprint density at radius 2 is 1.85 bits per heavy atom. The molecule has 1 aliphatic carbocycles. The Morgan fingerprint density at radius 3 is 2.52 bits per heavy atom. The van der Waals surface area contributed by atoms with Crippen LogP contribution in [0.25, 0.3) is 0 Å². The summed E-state index contributed by atoms with van der Waals surface area (Å²) in [6.07, 6.45) is 5.25. The van der Waals surface area contributed by atoms with Crippen LogP contribution in [-0.4, -0.2) is 19.1 Å². The molecule has 0 spiro atoms. The monoisotopic (exact) mass is 368 g/mol. The van der Waals surface area contributed by atoms with Gasteiger partial charge in [0.15, 0.2) is 11.5 Å². The molecule has 1 fully saturated rings. The Kier molecular flexibility index (Phi) is 6.22. The molecule has 0 aliphatic heterocycles. The highest BCUT2D eigenvalue weighted by Crippen LogP contribution is 2.33. The molecule has 27 heavy (non-hydrogen) atoms. The van der Waals surface area contributed by atoms with Crippen LogP contribution in [0, 0.1) is 0 Å². The van der Waals surface area contributed by atoms with Crippen molar-refractivity contribution in [1.29, 1.82) is 0 Å². The Bertz CT molecular complexity index is 768. The van der Waals surface area contributed by atoms with E-state index in [4.69, 9.17) is 15.2 Å². The Balaban J connectivity index is 1.62. The first-order chi connectivity index (χ1) is 13.0. The van der Waals surface area contributed by atoms with Crippen molar-refractivity contribution in [2.45, 2.75) is 51.2 Å². The fraction of sp³-hybridized carbons (Fsp3) is 0.409. The number of carbonyl (C=O) groups excluding carboxylic acids is 1. The molecule has 0 radical (unpaired) electrons. The minimum absolute atomic E-state index is 0.0301. The highest BCUT2D eigenvalue weighted by Gasteiger charge is 2.19. The van der Waals surface area contributed by atoms with Gasteiger partial charge in [0.1, 0.15) is 0 Å². The number of hydrogen-bond acceptors (Lipinski definition) is 4. The SMILES string of the molecule is COc1cc(C(C)NC(=O)Cc2ccc(N)cc2)ccc1OC1CCCC1. The highest BCUT2D eigenvalue weighted by molar-refractivity contribution is 5.79. The fourth-order valence-corrected chi connectivity index (χ4v) is 3.43. The third-order valence-electron chi connectivity index (χ3n) is 5.01. The van der Waals surface area contributed by atoms with Crippen molar-refractivity contribution in [3.63, 3.8) is 0 Å². The van der Waals surface area contributed by atoms with Gasteiger partial charge in [-0.25, -0.2) is 0 Å². The lowest BCUT2D eigenvalue weighted by atomic mass is 10.1. The minimum atomic E-state index is -0.124. The summed E-state index contributed by atoms with van der Waals surface area (Å²) in [5.74, 6) is 1.45. The molecule has 144 valence electrons. The Morgan fingerprint density at radius 1 is 1.15 bits per heavy atom. The summed E-state index contributed by atoms with van der Waals surface area (Å²) in [6.45, 7) is 1.97. The van der Waals surface area contributed by atoms with E-state index in [0.29, 0.717) is 17.9 Å². The van der Waals surface area contributed by atoms with E-state index in [1.54, 1.807) is 19.2 Å². The molecule has 1 saturated carbocycles. The number of nitrogens with two attached hydrogens (primary N) is 1. The summed E-state index contributed by atoms with van der Waals surface area (Å²) in [6, 6.07) is 13.1. The summed E-state index contributed by atoms with van der Waals surface area (Å²) in [5.41, 5.74) is 8.30. The van der Waals surface area contributed by atoms with Gasteiger partial charge in [0.05, 0.1) is 25.7 Å². The number of anilines is 1. The second-order valence-corrected chi connectivity index (χ2v) is 7.14. The molecule has 2 aromatic rings. The molecule has 1 unspecified atom stereocenters. The average molecular weight is 368 g/mol. The van der Waals surface area contributed by atoms with Crippen LogP contribution in [-0.2, 0) is 11.2 Å². The molecule has 3 rings (SSSR count). The van der Waals surface area contributed by atoms with Gasteiger partial charge in [-0.1, -0.05) is 18.2 Å². The van der Waals surface area contributed by atoms with Crippen molar-refractivity contribution in [1.82, 2.24) is 5.32 Å². The largest absolute Gasteiger partial charge is 0.493 e. The first kappa shape index (κ1) is 19.1. The number of ether oxygens (including phenoxy) is 2. The van der Waals surface area contributed by atoms with Crippen molar-refractivity contribution in [2.24, 2.45) is 0 Å². The number of benzene rings is 2. The van der Waals surface area contributed by atoms with Crippen molar-refractivity contribution >= 4 is 11.6 Å². The highest BCUT2D eigenvalue weighted by atomic mass is 16.5. The topological polar surface area (TPSA) is 73.6 Å². The zero-order valence-corrected chi connectivity index (χ0v) is 16.0. The van der Waals surface area contributed by atoms with Gasteiger partial charge in [0, 0.05) is 5.69 Å². The second kappa shape index (κ2) is 8.80. The van der Waals surface area contributed by atoms with Crippen LogP contribution >= 0.6 is 0 Å². The first-order valence-electron chi connectivity index (χ1n) is 9.53. The molecule has 1 atom stereocenters. The van der Waals surface area contributed by atoms with Gasteiger partial charge in [-0.05, 0) is 68.0 Å². The summed E-state index contributed by atoms with van der Waals surface area (Å²) in [4.78, 5) is 12.3. The number of nitrogens with one attached hydrogen (secondary N) is 1. The van der Waals surface area contributed by atoms with Crippen molar-refractivity contribution in [2.75, 3.05) is 12.8 Å². The lowest BCUT2D eigenvalue weighted by Gasteiger charge is -2.19. The summed E-state index contributed by atoms with van der Waals surface area (Å²) >= 11 is 0. The third kappa shape index (κ3) is 5.16. The molecule has 0 aromatic heterocycles. The van der Waals surface area contributed by atoms with Crippen molar-refractivity contribution in [3.8, 4) is 11.5 Å². The number of rotatable bonds is 7. The third-order valence-corrected chi connectivity index (χ3v) is 5.01. The summed E-state index contributed by atoms with van der Waals surface area (Å²) < 4.78 is 11.6. The number of carbonyl (C=O) groups is 1. The number of methoxy groups -OCH3 is 1. The van der Waals surface area contributed by atoms with E-state index in [1.807, 2.05) is 37.3 Å². The van der Waals surface area contributed by atoms with Crippen LogP contribution in [0.2, 0.25) is 0 Å². The van der Waals surface area contributed by atoms with Gasteiger partial charge in [-0.3, -0.25) is 4.79 Å². The van der Waals surface area contributed by atoms with E-state index in [2.05, 4.69) is 5.32 Å². The van der Waals surface area contributed by atoms with Crippen LogP contribution in [0.4, 0.5) is 5.69 Å². The van der Waals surface area contributed by atoms with Crippen LogP contribution in [0.5, 0.6) is 11.5 Å². The lowest BCUT2D eigenvalue weighted by Crippen LogP contribution is -2.28. The molecule has 2 aromatic carbocycles. The Hall–Kier alpha value is -2.69. The molecule has 1 amide bonds. The standard InChI is InChI=1S/C22H28N2O3/c1-15(24-22(25)13-16-7-10-18(23)11-8-16)17-9-12-20(21(14-17)26-2)27-19-5-3-4-6-19/h7-12,14-15,19H,3-6,13,23H2,1-2H3,(H,24,25). The van der Waals surface area contributed by atoms with Gasteiger partial charge >= 0.3 is 0 Å². The summed E-state index contributed by atoms with van der Waals surface area (Å²) in [7, 11) is 1.64. The predicted molar refractivity (Wildman–Crippen MR) is 107 cm³/mol. The number of nitrogen functional groups attached to an aromatic ring is 1. The van der Waals surface area contributed by atoms with Gasteiger partial charge in [0.25, 0.3) is 0 Å². The van der Waals surface area contributed by atoms with E-state index in [0.717, 1.165) is 29.7 Å². The van der Waals surface area contributed by atoms with Gasteiger partial charge < -0.3 is 20.5 Å².